The molecule has 1 saturated heterocycles. The number of hydrogen-bond donors (Lipinski definition) is 0. The fraction of sp³-hybridized carbons (Fsp3) is 0.286. The van der Waals surface area contributed by atoms with Crippen molar-refractivity contribution in [3.05, 3.63) is 65.0 Å². The van der Waals surface area contributed by atoms with Crippen molar-refractivity contribution in [1.29, 1.82) is 0 Å². The van der Waals surface area contributed by atoms with Gasteiger partial charge >= 0.3 is 0 Å². The van der Waals surface area contributed by atoms with E-state index in [2.05, 4.69) is 20.0 Å². The second-order valence-electron chi connectivity index (χ2n) is 6.85. The second-order valence-corrected chi connectivity index (χ2v) is 7.25. The zero-order valence-corrected chi connectivity index (χ0v) is 16.4. The van der Waals surface area contributed by atoms with Gasteiger partial charge in [-0.2, -0.15) is 0 Å². The van der Waals surface area contributed by atoms with Crippen molar-refractivity contribution in [2.45, 2.75) is 13.5 Å². The molecule has 144 valence electrons. The number of nitrogens with zero attached hydrogens (tertiary/aromatic N) is 4. The highest BCUT2D eigenvalue weighted by Crippen LogP contribution is 2.26. The monoisotopic (exact) mass is 396 g/mol. The van der Waals surface area contributed by atoms with Gasteiger partial charge in [0.15, 0.2) is 5.78 Å². The molecule has 0 aliphatic carbocycles. The lowest BCUT2D eigenvalue weighted by molar-refractivity contribution is 0.101. The van der Waals surface area contributed by atoms with E-state index >= 15 is 0 Å². The van der Waals surface area contributed by atoms with Gasteiger partial charge in [0.25, 0.3) is 0 Å². The molecule has 0 saturated carbocycles. The van der Waals surface area contributed by atoms with Crippen LogP contribution in [0.5, 0.6) is 0 Å². The lowest BCUT2D eigenvalue weighted by Crippen LogP contribution is -2.46. The van der Waals surface area contributed by atoms with Gasteiger partial charge in [0, 0.05) is 37.4 Å². The molecule has 0 radical (unpaired) electrons. The van der Waals surface area contributed by atoms with Gasteiger partial charge in [-0.15, -0.1) is 10.2 Å². The average Bonchev–Trinajstić information content (AvgIpc) is 3.17. The van der Waals surface area contributed by atoms with E-state index in [1.54, 1.807) is 6.92 Å². The van der Waals surface area contributed by atoms with Crippen LogP contribution < -0.4 is 4.90 Å². The van der Waals surface area contributed by atoms with Gasteiger partial charge in [0.1, 0.15) is 0 Å². The topological polar surface area (TPSA) is 62.5 Å². The van der Waals surface area contributed by atoms with Crippen LogP contribution >= 0.6 is 11.6 Å². The summed E-state index contributed by atoms with van der Waals surface area (Å²) in [7, 11) is 0. The summed E-state index contributed by atoms with van der Waals surface area (Å²) in [6.07, 6.45) is 0. The normalized spacial score (nSPS) is 15.0. The summed E-state index contributed by atoms with van der Waals surface area (Å²) in [5.74, 6) is 1.13. The number of hydrogen-bond acceptors (Lipinski definition) is 6. The molecule has 0 amide bonds. The minimum atomic E-state index is 0.0899. The molecule has 2 aromatic carbocycles. The van der Waals surface area contributed by atoms with E-state index in [-0.39, 0.29) is 5.78 Å². The number of piperazine rings is 1. The first-order valence-corrected chi connectivity index (χ1v) is 9.63. The molecule has 1 aromatic heterocycles. The van der Waals surface area contributed by atoms with Crippen LogP contribution in [0.2, 0.25) is 5.02 Å². The number of carbonyl (C=O) groups excluding carboxylic acids is 1. The van der Waals surface area contributed by atoms with Gasteiger partial charge in [0.05, 0.1) is 17.1 Å². The molecular formula is C21H21ClN4O2. The highest BCUT2D eigenvalue weighted by Gasteiger charge is 2.20. The Labute approximate surface area is 168 Å². The quantitative estimate of drug-likeness (QED) is 0.609. The smallest absolute Gasteiger partial charge is 0.249 e. The fourth-order valence-electron chi connectivity index (χ4n) is 3.32. The van der Waals surface area contributed by atoms with Crippen LogP contribution in [0.4, 0.5) is 5.69 Å². The van der Waals surface area contributed by atoms with E-state index in [9.17, 15) is 4.79 Å². The Balaban J connectivity index is 1.35. The molecular weight excluding hydrogens is 376 g/mol. The van der Waals surface area contributed by atoms with Crippen LogP contribution in [-0.2, 0) is 6.54 Å². The first kappa shape index (κ1) is 18.7. The molecule has 7 heteroatoms. The van der Waals surface area contributed by atoms with E-state index in [1.165, 1.54) is 0 Å². The van der Waals surface area contributed by atoms with Gasteiger partial charge in [0.2, 0.25) is 11.8 Å². The van der Waals surface area contributed by atoms with E-state index < -0.39 is 0 Å². The maximum Gasteiger partial charge on any atom is 0.249 e. The molecule has 0 atom stereocenters. The van der Waals surface area contributed by atoms with Crippen molar-refractivity contribution >= 4 is 23.1 Å². The first-order chi connectivity index (χ1) is 13.6. The zero-order valence-electron chi connectivity index (χ0n) is 15.6. The van der Waals surface area contributed by atoms with Crippen LogP contribution in [0, 0.1) is 0 Å². The number of rotatable bonds is 5. The number of anilines is 1. The number of benzene rings is 2. The van der Waals surface area contributed by atoms with Crippen molar-refractivity contribution in [2.24, 2.45) is 0 Å². The number of carbonyl (C=O) groups is 1. The highest BCUT2D eigenvalue weighted by atomic mass is 35.5. The molecule has 1 fully saturated rings. The molecule has 0 spiro atoms. The molecule has 28 heavy (non-hydrogen) atoms. The molecule has 0 bridgehead atoms. The zero-order chi connectivity index (χ0) is 19.5. The Kier molecular flexibility index (Phi) is 5.41. The minimum Gasteiger partial charge on any atom is -0.419 e. The lowest BCUT2D eigenvalue weighted by Gasteiger charge is -2.35. The van der Waals surface area contributed by atoms with Crippen LogP contribution in [0.3, 0.4) is 0 Å². The maximum absolute atomic E-state index is 11.4. The predicted octanol–water partition coefficient (Wildman–Crippen LogP) is 3.91. The average molecular weight is 397 g/mol. The fourth-order valence-corrected chi connectivity index (χ4v) is 3.54. The molecule has 0 unspecified atom stereocenters. The number of Topliss-reactive ketones (excluding diaryl/α,β-unsaturated/α-hetero) is 1. The molecule has 4 rings (SSSR count). The summed E-state index contributed by atoms with van der Waals surface area (Å²) >= 11 is 6.20. The summed E-state index contributed by atoms with van der Waals surface area (Å²) < 4.78 is 5.81. The van der Waals surface area contributed by atoms with Crippen molar-refractivity contribution in [2.75, 3.05) is 31.1 Å². The number of ketones is 1. The third-order valence-corrected chi connectivity index (χ3v) is 5.27. The van der Waals surface area contributed by atoms with E-state index in [0.717, 1.165) is 43.0 Å². The van der Waals surface area contributed by atoms with Gasteiger partial charge in [-0.05, 0) is 43.3 Å². The Bertz CT molecular complexity index is 963. The Morgan fingerprint density at radius 2 is 1.75 bits per heavy atom. The minimum absolute atomic E-state index is 0.0899. The summed E-state index contributed by atoms with van der Waals surface area (Å²) in [5.41, 5.74) is 2.64. The molecule has 1 aliphatic heterocycles. The maximum atomic E-state index is 11.4. The SMILES string of the molecule is CC(=O)c1ccc(N2CCN(Cc3nnc(-c4ccccc4Cl)o3)CC2)cc1. The van der Waals surface area contributed by atoms with E-state index in [1.807, 2.05) is 48.5 Å². The standard InChI is InChI=1S/C21H21ClN4O2/c1-15(27)16-6-8-17(9-7-16)26-12-10-25(11-13-26)14-20-23-24-21(28-20)18-4-2-3-5-19(18)22/h2-9H,10-14H2,1H3. The van der Waals surface area contributed by atoms with Crippen LogP contribution in [-0.4, -0.2) is 47.1 Å². The largest absolute Gasteiger partial charge is 0.419 e. The summed E-state index contributed by atoms with van der Waals surface area (Å²) in [6.45, 7) is 5.82. The first-order valence-electron chi connectivity index (χ1n) is 9.26. The lowest BCUT2D eigenvalue weighted by atomic mass is 10.1. The summed E-state index contributed by atoms with van der Waals surface area (Å²) in [5, 5.41) is 8.90. The second kappa shape index (κ2) is 8.12. The molecule has 1 aliphatic rings. The van der Waals surface area contributed by atoms with Crippen LogP contribution in [0.25, 0.3) is 11.5 Å². The van der Waals surface area contributed by atoms with Gasteiger partial charge < -0.3 is 9.32 Å². The van der Waals surface area contributed by atoms with E-state index in [0.29, 0.717) is 23.3 Å². The summed E-state index contributed by atoms with van der Waals surface area (Å²) in [6, 6.07) is 15.3. The predicted molar refractivity (Wildman–Crippen MR) is 109 cm³/mol. The third-order valence-electron chi connectivity index (χ3n) is 4.94. The van der Waals surface area contributed by atoms with Crippen molar-refractivity contribution in [3.8, 4) is 11.5 Å². The van der Waals surface area contributed by atoms with Crippen LogP contribution in [0.1, 0.15) is 23.2 Å². The Morgan fingerprint density at radius 3 is 2.43 bits per heavy atom. The van der Waals surface area contributed by atoms with Crippen molar-refractivity contribution < 1.29 is 9.21 Å². The Hall–Kier alpha value is -2.70. The number of aromatic nitrogens is 2. The molecule has 3 aromatic rings. The van der Waals surface area contributed by atoms with E-state index in [4.69, 9.17) is 16.0 Å². The van der Waals surface area contributed by atoms with Crippen molar-refractivity contribution in [1.82, 2.24) is 15.1 Å². The summed E-state index contributed by atoms with van der Waals surface area (Å²) in [4.78, 5) is 16.0. The molecule has 6 nitrogen and oxygen atoms in total. The Morgan fingerprint density at radius 1 is 1.04 bits per heavy atom. The van der Waals surface area contributed by atoms with Crippen LogP contribution in [0.15, 0.2) is 52.9 Å². The highest BCUT2D eigenvalue weighted by molar-refractivity contribution is 6.33. The molecule has 2 heterocycles. The number of halogens is 1. The van der Waals surface area contributed by atoms with Gasteiger partial charge in [-0.3, -0.25) is 9.69 Å². The van der Waals surface area contributed by atoms with Crippen molar-refractivity contribution in [3.63, 3.8) is 0 Å². The van der Waals surface area contributed by atoms with Gasteiger partial charge in [-0.1, -0.05) is 23.7 Å². The molecule has 0 N–H and O–H groups in total. The van der Waals surface area contributed by atoms with Gasteiger partial charge in [-0.25, -0.2) is 0 Å². The third kappa shape index (κ3) is 4.08.